The maximum absolute atomic E-state index is 15.7. The predicted molar refractivity (Wildman–Crippen MR) is 260 cm³/mol. The molecule has 2 aliphatic heterocycles. The molecular formula is C51H54Cl2N8O5. The van der Waals surface area contributed by atoms with Gasteiger partial charge in [0.15, 0.2) is 0 Å². The minimum absolute atomic E-state index is 0.0570. The molecule has 0 aliphatic carbocycles. The van der Waals surface area contributed by atoms with Gasteiger partial charge >= 0.3 is 5.97 Å². The molecule has 1 N–H and O–H groups in total. The van der Waals surface area contributed by atoms with Crippen LogP contribution in [0.25, 0.3) is 32.9 Å². The van der Waals surface area contributed by atoms with Crippen LogP contribution in [-0.4, -0.2) is 104 Å². The Bertz CT molecular complexity index is 2980. The van der Waals surface area contributed by atoms with Crippen LogP contribution in [0, 0.1) is 27.7 Å². The number of aromatic nitrogens is 5. The quantitative estimate of drug-likeness (QED) is 0.112. The number of methoxy groups -OCH3 is 1. The van der Waals surface area contributed by atoms with E-state index < -0.39 is 5.97 Å². The topological polar surface area (TPSA) is 131 Å². The molecule has 9 rings (SSSR count). The number of fused-ring (bicyclic) bond motifs is 4. The van der Waals surface area contributed by atoms with Crippen LogP contribution in [0.3, 0.4) is 0 Å². The SMILES string of the molecule is COc1ccc(N2CC(C)n3c(c(CCCOc4cc(C)c(Cl)c(C)c4)c4ccc(Cl)c(-c5c(C)nc(CN6CCN(C)CC6)nc5C)c43)C2=O)c2c1cc(C(=O)O)n2Cc1ccccn1. The van der Waals surface area contributed by atoms with Crippen molar-refractivity contribution in [2.24, 2.45) is 0 Å². The van der Waals surface area contributed by atoms with Crippen LogP contribution in [0.2, 0.25) is 10.0 Å². The molecule has 6 heterocycles. The zero-order valence-corrected chi connectivity index (χ0v) is 39.9. The number of hydrogen-bond acceptors (Lipinski definition) is 9. The van der Waals surface area contributed by atoms with E-state index in [1.807, 2.05) is 76.2 Å². The molecule has 66 heavy (non-hydrogen) atoms. The van der Waals surface area contributed by atoms with Crippen molar-refractivity contribution in [3.63, 3.8) is 0 Å². The molecule has 0 spiro atoms. The zero-order chi connectivity index (χ0) is 46.6. The summed E-state index contributed by atoms with van der Waals surface area (Å²) in [4.78, 5) is 49.8. The standard InChI is InChI=1S/C51H54Cl2N8O5/c1-29-23-35(24-30(2)46(29)53)66-22-10-12-36-37-13-14-39(52)45(44-32(4)55-43(56-33(44)5)28-58-20-18-57(6)19-21-58)48(37)61-31(3)26-60(50(62)49(36)61)40-15-16-42(65-7)38-25-41(51(63)64)59(47(38)40)27-34-11-8-9-17-54-34/h8-9,11,13-17,23-25,31H,10,12,18-22,26-28H2,1-7H3,(H,63,64). The summed E-state index contributed by atoms with van der Waals surface area (Å²) in [6, 6.07) is 18.4. The van der Waals surface area contributed by atoms with Gasteiger partial charge in [-0.3, -0.25) is 14.7 Å². The molecule has 2 aliphatic rings. The van der Waals surface area contributed by atoms with Gasteiger partial charge in [0.25, 0.3) is 5.91 Å². The number of amides is 1. The van der Waals surface area contributed by atoms with Crippen LogP contribution in [0.5, 0.6) is 11.5 Å². The Morgan fingerprint density at radius 2 is 1.61 bits per heavy atom. The number of pyridine rings is 1. The Morgan fingerprint density at radius 3 is 2.27 bits per heavy atom. The molecule has 1 unspecified atom stereocenters. The van der Waals surface area contributed by atoms with E-state index in [1.54, 1.807) is 34.9 Å². The third kappa shape index (κ3) is 8.27. The fourth-order valence-corrected chi connectivity index (χ4v) is 10.3. The Balaban J connectivity index is 1.19. The van der Waals surface area contributed by atoms with Gasteiger partial charge in [0, 0.05) is 83.3 Å². The number of hydrogen-bond donors (Lipinski definition) is 1. The van der Waals surface area contributed by atoms with Crippen LogP contribution >= 0.6 is 23.2 Å². The second-order valence-electron chi connectivity index (χ2n) is 17.7. The van der Waals surface area contributed by atoms with Crippen LogP contribution in [0.1, 0.15) is 80.0 Å². The lowest BCUT2D eigenvalue weighted by Gasteiger charge is -2.35. The van der Waals surface area contributed by atoms with E-state index in [1.165, 1.54) is 0 Å². The first-order valence-electron chi connectivity index (χ1n) is 22.4. The highest BCUT2D eigenvalue weighted by atomic mass is 35.5. The molecule has 4 aromatic heterocycles. The molecule has 15 heteroatoms. The van der Waals surface area contributed by atoms with Gasteiger partial charge in [-0.25, -0.2) is 14.8 Å². The lowest BCUT2D eigenvalue weighted by molar-refractivity contribution is 0.0686. The summed E-state index contributed by atoms with van der Waals surface area (Å²) < 4.78 is 16.0. The minimum Gasteiger partial charge on any atom is -0.496 e. The number of aryl methyl sites for hydroxylation is 5. The summed E-state index contributed by atoms with van der Waals surface area (Å²) in [5.74, 6) is 0.689. The number of carboxylic acid groups (broad SMARTS) is 1. The van der Waals surface area contributed by atoms with E-state index in [0.717, 1.165) is 92.9 Å². The van der Waals surface area contributed by atoms with Gasteiger partial charge in [-0.05, 0) is 120 Å². The van der Waals surface area contributed by atoms with Gasteiger partial charge in [-0.2, -0.15) is 0 Å². The van der Waals surface area contributed by atoms with Gasteiger partial charge in [0.2, 0.25) is 0 Å². The van der Waals surface area contributed by atoms with Crippen LogP contribution in [-0.2, 0) is 19.5 Å². The molecule has 1 saturated heterocycles. The van der Waals surface area contributed by atoms with Crippen molar-refractivity contribution in [3.05, 3.63) is 128 Å². The average molecular weight is 930 g/mol. The van der Waals surface area contributed by atoms with Gasteiger partial charge in [-0.15, -0.1) is 0 Å². The number of halogens is 2. The fourth-order valence-electron chi connectivity index (χ4n) is 9.95. The van der Waals surface area contributed by atoms with Crippen molar-refractivity contribution in [1.82, 2.24) is 33.9 Å². The lowest BCUT2D eigenvalue weighted by Crippen LogP contribution is -2.44. The van der Waals surface area contributed by atoms with Gasteiger partial charge in [0.05, 0.1) is 54.2 Å². The van der Waals surface area contributed by atoms with E-state index in [-0.39, 0.29) is 30.7 Å². The third-order valence-corrected chi connectivity index (χ3v) is 14.0. The minimum atomic E-state index is -1.10. The molecule has 13 nitrogen and oxygen atoms in total. The molecule has 0 saturated carbocycles. The second kappa shape index (κ2) is 18.4. The molecule has 1 amide bonds. The third-order valence-electron chi connectivity index (χ3n) is 13.1. The average Bonchev–Trinajstić information content (AvgIpc) is 3.84. The highest BCUT2D eigenvalue weighted by Gasteiger charge is 2.38. The van der Waals surface area contributed by atoms with Crippen LogP contribution in [0.15, 0.2) is 66.9 Å². The highest BCUT2D eigenvalue weighted by Crippen LogP contribution is 2.46. The van der Waals surface area contributed by atoms with E-state index in [0.29, 0.717) is 64.7 Å². The molecule has 0 bridgehead atoms. The van der Waals surface area contributed by atoms with Gasteiger partial charge < -0.3 is 33.5 Å². The van der Waals surface area contributed by atoms with Crippen LogP contribution < -0.4 is 14.4 Å². The Morgan fingerprint density at radius 1 is 0.879 bits per heavy atom. The number of rotatable bonds is 13. The van der Waals surface area contributed by atoms with Crippen LogP contribution in [0.4, 0.5) is 5.69 Å². The second-order valence-corrected chi connectivity index (χ2v) is 18.4. The molecule has 1 fully saturated rings. The fraction of sp³-hybridized carbons (Fsp3) is 0.353. The Labute approximate surface area is 394 Å². The Hall–Kier alpha value is -5.99. The van der Waals surface area contributed by atoms with E-state index in [9.17, 15) is 9.90 Å². The molecule has 0 radical (unpaired) electrons. The monoisotopic (exact) mass is 928 g/mol. The van der Waals surface area contributed by atoms with E-state index >= 15 is 4.79 Å². The Kier molecular flexibility index (Phi) is 12.6. The van der Waals surface area contributed by atoms with Crippen molar-refractivity contribution in [2.75, 3.05) is 58.4 Å². The number of aromatic carboxylic acids is 1. The first kappa shape index (κ1) is 45.2. The maximum Gasteiger partial charge on any atom is 0.352 e. The largest absolute Gasteiger partial charge is 0.496 e. The molecular weight excluding hydrogens is 876 g/mol. The van der Waals surface area contributed by atoms with E-state index in [4.69, 9.17) is 42.6 Å². The number of anilines is 1. The summed E-state index contributed by atoms with van der Waals surface area (Å²) in [6.07, 6.45) is 2.81. The highest BCUT2D eigenvalue weighted by molar-refractivity contribution is 6.35. The molecule has 7 aromatic rings. The number of carboxylic acids is 1. The molecule has 3 aromatic carbocycles. The molecule has 1 atom stereocenters. The smallest absolute Gasteiger partial charge is 0.352 e. The number of carbonyl (C=O) groups excluding carboxylic acids is 1. The van der Waals surface area contributed by atoms with Crippen molar-refractivity contribution in [2.45, 2.75) is 66.6 Å². The number of carbonyl (C=O) groups is 2. The number of likely N-dealkylation sites (N-methyl/N-ethyl adjacent to an activating group) is 1. The number of benzene rings is 3. The number of ether oxygens (including phenoxy) is 2. The van der Waals surface area contributed by atoms with Crippen molar-refractivity contribution >= 4 is 62.6 Å². The predicted octanol–water partition coefficient (Wildman–Crippen LogP) is 9.72. The van der Waals surface area contributed by atoms with E-state index in [2.05, 4.69) is 33.3 Å². The summed E-state index contributed by atoms with van der Waals surface area (Å²) in [6.45, 7) is 15.5. The van der Waals surface area contributed by atoms with Crippen molar-refractivity contribution in [1.29, 1.82) is 0 Å². The first-order chi connectivity index (χ1) is 31.7. The molecule has 342 valence electrons. The number of nitrogens with zero attached hydrogens (tertiary/aromatic N) is 8. The zero-order valence-electron chi connectivity index (χ0n) is 38.4. The van der Waals surface area contributed by atoms with Gasteiger partial charge in [-0.1, -0.05) is 35.3 Å². The summed E-state index contributed by atoms with van der Waals surface area (Å²) in [5, 5.41) is 13.3. The van der Waals surface area contributed by atoms with Crippen molar-refractivity contribution < 1.29 is 24.2 Å². The lowest BCUT2D eigenvalue weighted by atomic mass is 9.97. The van der Waals surface area contributed by atoms with Gasteiger partial charge in [0.1, 0.15) is 28.7 Å². The summed E-state index contributed by atoms with van der Waals surface area (Å²) in [7, 11) is 3.70. The van der Waals surface area contributed by atoms with Crippen molar-refractivity contribution in [3.8, 4) is 22.6 Å². The summed E-state index contributed by atoms with van der Waals surface area (Å²) >= 11 is 13.8. The summed E-state index contributed by atoms with van der Waals surface area (Å²) in [5.41, 5.74) is 9.30. The number of piperazine rings is 1. The maximum atomic E-state index is 15.7. The first-order valence-corrected chi connectivity index (χ1v) is 23.1. The normalized spacial score (nSPS) is 15.8.